The van der Waals surface area contributed by atoms with E-state index in [1.807, 2.05) is 37.3 Å². The van der Waals surface area contributed by atoms with Crippen molar-refractivity contribution in [3.8, 4) is 0 Å². The van der Waals surface area contributed by atoms with Gasteiger partial charge in [0.1, 0.15) is 6.10 Å². The summed E-state index contributed by atoms with van der Waals surface area (Å²) in [6, 6.07) is 9.45. The minimum absolute atomic E-state index is 0.143. The summed E-state index contributed by atoms with van der Waals surface area (Å²) < 4.78 is 5.16. The first kappa shape index (κ1) is 12.2. The molecule has 1 aromatic carbocycles. The van der Waals surface area contributed by atoms with Crippen LogP contribution in [-0.4, -0.2) is 40.1 Å². The van der Waals surface area contributed by atoms with Gasteiger partial charge in [-0.25, -0.2) is 4.79 Å². The second-order valence-corrected chi connectivity index (χ2v) is 5.02. The molecule has 5 heteroatoms. The van der Waals surface area contributed by atoms with Crippen LogP contribution in [0.5, 0.6) is 0 Å². The second-order valence-electron chi connectivity index (χ2n) is 5.02. The van der Waals surface area contributed by atoms with Crippen LogP contribution in [0.2, 0.25) is 0 Å². The van der Waals surface area contributed by atoms with Crippen LogP contribution < -0.4 is 0 Å². The summed E-state index contributed by atoms with van der Waals surface area (Å²) in [5.41, 5.74) is -0.614. The van der Waals surface area contributed by atoms with E-state index >= 15 is 0 Å². The van der Waals surface area contributed by atoms with Crippen molar-refractivity contribution in [2.24, 2.45) is 0 Å². The van der Waals surface area contributed by atoms with E-state index in [-0.39, 0.29) is 6.04 Å². The zero-order valence-corrected chi connectivity index (χ0v) is 10.6. The van der Waals surface area contributed by atoms with Crippen molar-refractivity contribution in [3.05, 3.63) is 35.9 Å². The highest BCUT2D eigenvalue weighted by Crippen LogP contribution is 2.46. The number of hydrogen-bond donors (Lipinski definition) is 1. The number of aliphatic carboxylic acids is 1. The van der Waals surface area contributed by atoms with Gasteiger partial charge in [-0.15, -0.1) is 0 Å². The Morgan fingerprint density at radius 2 is 2.16 bits per heavy atom. The molecule has 3 rings (SSSR count). The monoisotopic (exact) mass is 261 g/mol. The van der Waals surface area contributed by atoms with Crippen molar-refractivity contribution in [1.82, 2.24) is 4.90 Å². The van der Waals surface area contributed by atoms with Gasteiger partial charge in [0.25, 0.3) is 11.5 Å². The van der Waals surface area contributed by atoms with Gasteiger partial charge < -0.3 is 14.7 Å². The molecule has 1 amide bonds. The predicted octanol–water partition coefficient (Wildman–Crippen LogP) is 1.20. The van der Waals surface area contributed by atoms with Gasteiger partial charge in [0.2, 0.25) is 0 Å². The number of carbonyl (C=O) groups is 2. The standard InChI is InChI=1S/C14H15NO4/c1-9(10-5-3-2-4-6-10)15-8-7-11-14(19-11,12(15)16)13(17)18/h2-6,9,11H,7-8H2,1H3,(H,17,18)/t9-,11-,14-/m0/s1. The minimum Gasteiger partial charge on any atom is -0.479 e. The maximum Gasteiger partial charge on any atom is 0.348 e. The molecule has 0 aliphatic carbocycles. The van der Waals surface area contributed by atoms with E-state index in [2.05, 4.69) is 0 Å². The van der Waals surface area contributed by atoms with Gasteiger partial charge in [-0.2, -0.15) is 0 Å². The molecule has 3 atom stereocenters. The Morgan fingerprint density at radius 1 is 1.47 bits per heavy atom. The van der Waals surface area contributed by atoms with Gasteiger partial charge in [0.05, 0.1) is 6.04 Å². The molecule has 2 aliphatic heterocycles. The Kier molecular flexibility index (Phi) is 2.60. The summed E-state index contributed by atoms with van der Waals surface area (Å²) >= 11 is 0. The molecule has 1 N–H and O–H groups in total. The van der Waals surface area contributed by atoms with E-state index in [1.165, 1.54) is 0 Å². The fraction of sp³-hybridized carbons (Fsp3) is 0.429. The molecular weight excluding hydrogens is 246 g/mol. The maximum absolute atomic E-state index is 12.4. The van der Waals surface area contributed by atoms with Crippen LogP contribution in [-0.2, 0) is 14.3 Å². The van der Waals surface area contributed by atoms with Gasteiger partial charge in [-0.1, -0.05) is 30.3 Å². The summed E-state index contributed by atoms with van der Waals surface area (Å²) in [5, 5.41) is 9.21. The molecule has 0 saturated carbocycles. The van der Waals surface area contributed by atoms with Crippen molar-refractivity contribution in [1.29, 1.82) is 0 Å². The van der Waals surface area contributed by atoms with Crippen LogP contribution in [0.1, 0.15) is 24.9 Å². The van der Waals surface area contributed by atoms with Crippen LogP contribution in [0.4, 0.5) is 0 Å². The number of amides is 1. The number of nitrogens with zero attached hydrogens (tertiary/aromatic N) is 1. The van der Waals surface area contributed by atoms with E-state index in [0.717, 1.165) is 5.56 Å². The van der Waals surface area contributed by atoms with Crippen molar-refractivity contribution >= 4 is 11.9 Å². The number of carboxylic acids is 1. The quantitative estimate of drug-likeness (QED) is 0.655. The molecule has 2 fully saturated rings. The molecule has 100 valence electrons. The van der Waals surface area contributed by atoms with E-state index in [1.54, 1.807) is 4.90 Å². The Labute approximate surface area is 110 Å². The number of ether oxygens (including phenoxy) is 1. The van der Waals surface area contributed by atoms with E-state index in [4.69, 9.17) is 4.74 Å². The molecule has 0 radical (unpaired) electrons. The molecule has 2 heterocycles. The summed E-state index contributed by atoms with van der Waals surface area (Å²) in [5.74, 6) is -1.60. The van der Waals surface area contributed by atoms with Crippen LogP contribution in [0.15, 0.2) is 30.3 Å². The van der Waals surface area contributed by atoms with Crippen LogP contribution in [0, 0.1) is 0 Å². The number of hydrogen-bond acceptors (Lipinski definition) is 3. The third-order valence-corrected chi connectivity index (χ3v) is 4.00. The lowest BCUT2D eigenvalue weighted by Gasteiger charge is -2.33. The third-order valence-electron chi connectivity index (χ3n) is 4.00. The van der Waals surface area contributed by atoms with Gasteiger partial charge in [0.15, 0.2) is 0 Å². The lowest BCUT2D eigenvalue weighted by Crippen LogP contribution is -2.52. The van der Waals surface area contributed by atoms with Crippen LogP contribution in [0.25, 0.3) is 0 Å². The van der Waals surface area contributed by atoms with Gasteiger partial charge in [0, 0.05) is 6.54 Å². The number of rotatable bonds is 3. The number of piperidine rings is 1. The summed E-state index contributed by atoms with van der Waals surface area (Å²) in [6.45, 7) is 2.44. The number of carboxylic acid groups (broad SMARTS) is 1. The number of epoxide rings is 1. The predicted molar refractivity (Wildman–Crippen MR) is 66.4 cm³/mol. The molecule has 0 bridgehead atoms. The third kappa shape index (κ3) is 1.65. The lowest BCUT2D eigenvalue weighted by molar-refractivity contribution is -0.155. The highest BCUT2D eigenvalue weighted by atomic mass is 16.6. The molecule has 0 spiro atoms. The van der Waals surface area contributed by atoms with Crippen molar-refractivity contribution in [2.75, 3.05) is 6.54 Å². The first-order valence-electron chi connectivity index (χ1n) is 6.34. The highest BCUT2D eigenvalue weighted by molar-refractivity contribution is 6.09. The molecule has 19 heavy (non-hydrogen) atoms. The second kappa shape index (κ2) is 4.06. The Morgan fingerprint density at radius 3 is 2.79 bits per heavy atom. The fourth-order valence-electron chi connectivity index (χ4n) is 2.77. The highest BCUT2D eigenvalue weighted by Gasteiger charge is 2.72. The molecular formula is C14H15NO4. The summed E-state index contributed by atoms with van der Waals surface area (Å²) in [6.07, 6.45) is 0.131. The summed E-state index contributed by atoms with van der Waals surface area (Å²) in [4.78, 5) is 25.2. The number of fused-ring (bicyclic) bond motifs is 1. The average molecular weight is 261 g/mol. The van der Waals surface area contributed by atoms with Gasteiger partial charge in [-0.3, -0.25) is 4.79 Å². The first-order chi connectivity index (χ1) is 9.07. The normalized spacial score (nSPS) is 30.7. The van der Waals surface area contributed by atoms with Crippen molar-refractivity contribution in [2.45, 2.75) is 31.1 Å². The fourth-order valence-corrected chi connectivity index (χ4v) is 2.77. The summed E-state index contributed by atoms with van der Waals surface area (Å²) in [7, 11) is 0. The Balaban J connectivity index is 1.86. The van der Waals surface area contributed by atoms with Crippen LogP contribution >= 0.6 is 0 Å². The van der Waals surface area contributed by atoms with Gasteiger partial charge >= 0.3 is 5.97 Å². The van der Waals surface area contributed by atoms with Crippen molar-refractivity contribution in [3.63, 3.8) is 0 Å². The molecule has 2 aliphatic rings. The zero-order valence-electron chi connectivity index (χ0n) is 10.6. The topological polar surface area (TPSA) is 70.1 Å². The minimum atomic E-state index is -1.61. The van der Waals surface area contributed by atoms with Crippen molar-refractivity contribution < 1.29 is 19.4 Å². The SMILES string of the molecule is C[C@@H](c1ccccc1)N1CC[C@@H]2O[C@]2(C(=O)O)C1=O. The molecule has 2 saturated heterocycles. The molecule has 1 aromatic rings. The first-order valence-corrected chi connectivity index (χ1v) is 6.34. The van der Waals surface area contributed by atoms with Gasteiger partial charge in [-0.05, 0) is 18.9 Å². The zero-order chi connectivity index (χ0) is 13.6. The van der Waals surface area contributed by atoms with E-state index in [0.29, 0.717) is 13.0 Å². The maximum atomic E-state index is 12.4. The smallest absolute Gasteiger partial charge is 0.348 e. The van der Waals surface area contributed by atoms with E-state index < -0.39 is 23.6 Å². The number of carbonyl (C=O) groups excluding carboxylic acids is 1. The lowest BCUT2D eigenvalue weighted by atomic mass is 9.94. The Bertz CT molecular complexity index is 530. The molecule has 0 unspecified atom stereocenters. The molecule has 0 aromatic heterocycles. The van der Waals surface area contributed by atoms with Crippen LogP contribution in [0.3, 0.4) is 0 Å². The number of likely N-dealkylation sites (tertiary alicyclic amines) is 1. The largest absolute Gasteiger partial charge is 0.479 e. The van der Waals surface area contributed by atoms with E-state index in [9.17, 15) is 14.7 Å². The Hall–Kier alpha value is -1.88. The number of benzene rings is 1. The average Bonchev–Trinajstić information content (AvgIpc) is 3.16. The molecule has 5 nitrogen and oxygen atoms in total.